The second-order valence-corrected chi connectivity index (χ2v) is 2.82. The molecule has 1 aromatic heterocycles. The summed E-state index contributed by atoms with van der Waals surface area (Å²) in [7, 11) is 0. The van der Waals surface area contributed by atoms with Crippen LogP contribution >= 0.6 is 0 Å². The molecular formula is C6H6N2O4S. The first-order chi connectivity index (χ1) is 6.09. The van der Waals surface area contributed by atoms with Crippen LogP contribution in [-0.4, -0.2) is 24.8 Å². The highest BCUT2D eigenvalue weighted by atomic mass is 32.2. The lowest BCUT2D eigenvalue weighted by atomic mass is 10.3. The SMILES string of the molecule is O=C(O)c1cncc(NS(=O)O)c1. The third-order valence-corrected chi connectivity index (χ3v) is 1.60. The summed E-state index contributed by atoms with van der Waals surface area (Å²) >= 11 is -2.22. The van der Waals surface area contributed by atoms with Crippen LogP contribution in [0.4, 0.5) is 5.69 Å². The lowest BCUT2D eigenvalue weighted by Gasteiger charge is -2.00. The van der Waals surface area contributed by atoms with Crippen molar-refractivity contribution in [3.8, 4) is 0 Å². The number of aromatic carboxylic acids is 1. The summed E-state index contributed by atoms with van der Waals surface area (Å²) < 4.78 is 20.8. The van der Waals surface area contributed by atoms with Gasteiger partial charge in [-0.05, 0) is 6.07 Å². The van der Waals surface area contributed by atoms with Gasteiger partial charge in [-0.1, -0.05) is 0 Å². The molecule has 3 N–H and O–H groups in total. The van der Waals surface area contributed by atoms with Crippen LogP contribution in [0.1, 0.15) is 10.4 Å². The Balaban J connectivity index is 2.91. The zero-order valence-electron chi connectivity index (χ0n) is 6.30. The van der Waals surface area contributed by atoms with Gasteiger partial charge in [0.2, 0.25) is 0 Å². The van der Waals surface area contributed by atoms with Gasteiger partial charge in [0.05, 0.1) is 17.4 Å². The molecule has 0 radical (unpaired) electrons. The Morgan fingerprint density at radius 1 is 1.54 bits per heavy atom. The fourth-order valence-electron chi connectivity index (χ4n) is 0.714. The number of hydrogen-bond acceptors (Lipinski definition) is 3. The summed E-state index contributed by atoms with van der Waals surface area (Å²) in [5.41, 5.74) is 0.135. The number of hydrogen-bond donors (Lipinski definition) is 3. The Morgan fingerprint density at radius 2 is 2.23 bits per heavy atom. The summed E-state index contributed by atoms with van der Waals surface area (Å²) in [5, 5.41) is 8.54. The molecule has 13 heavy (non-hydrogen) atoms. The van der Waals surface area contributed by atoms with Crippen molar-refractivity contribution < 1.29 is 18.7 Å². The van der Waals surface area contributed by atoms with Gasteiger partial charge < -0.3 is 5.11 Å². The highest BCUT2D eigenvalue weighted by Gasteiger charge is 2.04. The maximum absolute atomic E-state index is 10.4. The summed E-state index contributed by atoms with van der Waals surface area (Å²) in [6, 6.07) is 1.21. The van der Waals surface area contributed by atoms with E-state index in [0.717, 1.165) is 6.20 Å². The molecule has 70 valence electrons. The fraction of sp³-hybridized carbons (Fsp3) is 0. The topological polar surface area (TPSA) is 99.5 Å². The van der Waals surface area contributed by atoms with Crippen LogP contribution in [0.3, 0.4) is 0 Å². The van der Waals surface area contributed by atoms with Crippen LogP contribution in [0.5, 0.6) is 0 Å². The van der Waals surface area contributed by atoms with Crippen LogP contribution in [0.15, 0.2) is 18.5 Å². The van der Waals surface area contributed by atoms with Crippen LogP contribution in [0.25, 0.3) is 0 Å². The molecule has 0 aromatic carbocycles. The van der Waals surface area contributed by atoms with Gasteiger partial charge in [0.15, 0.2) is 0 Å². The average molecular weight is 202 g/mol. The van der Waals surface area contributed by atoms with E-state index in [1.807, 2.05) is 0 Å². The van der Waals surface area contributed by atoms with Crippen molar-refractivity contribution in [2.45, 2.75) is 0 Å². The molecule has 7 heteroatoms. The number of nitrogens with zero attached hydrogens (tertiary/aromatic N) is 1. The number of aromatic nitrogens is 1. The lowest BCUT2D eigenvalue weighted by molar-refractivity contribution is 0.0696. The van der Waals surface area contributed by atoms with Gasteiger partial charge in [-0.25, -0.2) is 9.00 Å². The molecular weight excluding hydrogens is 196 g/mol. The highest BCUT2D eigenvalue weighted by molar-refractivity contribution is 7.80. The van der Waals surface area contributed by atoms with Crippen molar-refractivity contribution >= 4 is 22.9 Å². The predicted molar refractivity (Wildman–Crippen MR) is 45.6 cm³/mol. The van der Waals surface area contributed by atoms with Crippen LogP contribution in [-0.2, 0) is 11.3 Å². The van der Waals surface area contributed by atoms with Gasteiger partial charge in [-0.3, -0.25) is 14.3 Å². The van der Waals surface area contributed by atoms with E-state index < -0.39 is 17.2 Å². The number of carboxylic acid groups (broad SMARTS) is 1. The maximum Gasteiger partial charge on any atom is 0.337 e. The Labute approximate surface area is 76.0 Å². The van der Waals surface area contributed by atoms with Crippen molar-refractivity contribution in [3.05, 3.63) is 24.0 Å². The van der Waals surface area contributed by atoms with Crippen LogP contribution in [0.2, 0.25) is 0 Å². The average Bonchev–Trinajstić information content (AvgIpc) is 2.03. The quantitative estimate of drug-likeness (QED) is 0.613. The number of carboxylic acids is 1. The minimum atomic E-state index is -2.22. The summed E-state index contributed by atoms with van der Waals surface area (Å²) in [4.78, 5) is 14.0. The molecule has 0 saturated heterocycles. The molecule has 0 aliphatic rings. The third-order valence-electron chi connectivity index (χ3n) is 1.19. The van der Waals surface area contributed by atoms with Gasteiger partial charge in [0, 0.05) is 6.20 Å². The number of pyridine rings is 1. The minimum absolute atomic E-state index is 0.0459. The molecule has 1 heterocycles. The number of carbonyl (C=O) groups is 1. The van der Waals surface area contributed by atoms with E-state index in [4.69, 9.17) is 9.66 Å². The van der Waals surface area contributed by atoms with E-state index in [-0.39, 0.29) is 11.3 Å². The third kappa shape index (κ3) is 2.80. The molecule has 1 rings (SSSR count). The van der Waals surface area contributed by atoms with Crippen LogP contribution in [0, 0.1) is 0 Å². The molecule has 0 aliphatic carbocycles. The lowest BCUT2D eigenvalue weighted by Crippen LogP contribution is -2.04. The standard InChI is InChI=1S/C6H6N2O4S/c9-6(10)4-1-5(3-7-2-4)8-13(11)12/h1-3,8H,(H,9,10)(H,11,12). The van der Waals surface area contributed by atoms with E-state index in [9.17, 15) is 9.00 Å². The first kappa shape index (κ1) is 9.62. The Hall–Kier alpha value is -1.47. The Bertz CT molecular complexity index is 354. The Morgan fingerprint density at radius 3 is 2.77 bits per heavy atom. The second kappa shape index (κ2) is 3.97. The zero-order valence-corrected chi connectivity index (χ0v) is 7.11. The van der Waals surface area contributed by atoms with E-state index in [0.29, 0.717) is 0 Å². The van der Waals surface area contributed by atoms with Gasteiger partial charge in [0.25, 0.3) is 11.3 Å². The summed E-state index contributed by atoms with van der Waals surface area (Å²) in [5.74, 6) is -1.14. The largest absolute Gasteiger partial charge is 0.478 e. The fourth-order valence-corrected chi connectivity index (χ4v) is 1.03. The molecule has 6 nitrogen and oxygen atoms in total. The molecule has 0 saturated carbocycles. The first-order valence-electron chi connectivity index (χ1n) is 3.15. The number of nitrogens with one attached hydrogen (secondary N) is 1. The first-order valence-corrected chi connectivity index (χ1v) is 4.26. The van der Waals surface area contributed by atoms with Crippen molar-refractivity contribution in [2.75, 3.05) is 4.72 Å². The Kier molecular flexibility index (Phi) is 2.93. The highest BCUT2D eigenvalue weighted by Crippen LogP contribution is 2.08. The molecule has 0 aliphatic heterocycles. The van der Waals surface area contributed by atoms with Gasteiger partial charge in [-0.2, -0.15) is 0 Å². The van der Waals surface area contributed by atoms with E-state index >= 15 is 0 Å². The molecule has 0 fully saturated rings. The second-order valence-electron chi connectivity index (χ2n) is 2.12. The zero-order chi connectivity index (χ0) is 9.84. The molecule has 1 aromatic rings. The van der Waals surface area contributed by atoms with E-state index in [1.54, 1.807) is 0 Å². The smallest absolute Gasteiger partial charge is 0.337 e. The minimum Gasteiger partial charge on any atom is -0.478 e. The van der Waals surface area contributed by atoms with E-state index in [2.05, 4.69) is 9.71 Å². The van der Waals surface area contributed by atoms with Gasteiger partial charge >= 0.3 is 5.97 Å². The molecule has 0 bridgehead atoms. The van der Waals surface area contributed by atoms with Crippen molar-refractivity contribution in [2.24, 2.45) is 0 Å². The monoisotopic (exact) mass is 202 g/mol. The van der Waals surface area contributed by atoms with Crippen molar-refractivity contribution in [3.63, 3.8) is 0 Å². The summed E-state index contributed by atoms with van der Waals surface area (Å²) in [6.45, 7) is 0. The molecule has 1 unspecified atom stereocenters. The maximum atomic E-state index is 10.4. The van der Waals surface area contributed by atoms with Crippen molar-refractivity contribution in [1.29, 1.82) is 0 Å². The normalized spacial score (nSPS) is 12.1. The van der Waals surface area contributed by atoms with E-state index in [1.165, 1.54) is 12.3 Å². The summed E-state index contributed by atoms with van der Waals surface area (Å²) in [6.07, 6.45) is 2.40. The molecule has 0 amide bonds. The molecule has 1 atom stereocenters. The van der Waals surface area contributed by atoms with Gasteiger partial charge in [0.1, 0.15) is 0 Å². The van der Waals surface area contributed by atoms with Crippen molar-refractivity contribution in [1.82, 2.24) is 4.98 Å². The number of anilines is 1. The van der Waals surface area contributed by atoms with Crippen LogP contribution < -0.4 is 4.72 Å². The van der Waals surface area contributed by atoms with Gasteiger partial charge in [-0.15, -0.1) is 0 Å². The predicted octanol–water partition coefficient (Wildman–Crippen LogP) is 0.328. The molecule has 0 spiro atoms. The number of rotatable bonds is 3.